The molecular weight excluding hydrogens is 278 g/mol. The zero-order valence-corrected chi connectivity index (χ0v) is 13.1. The van der Waals surface area contributed by atoms with Gasteiger partial charge < -0.3 is 9.64 Å². The van der Waals surface area contributed by atoms with Crippen LogP contribution in [0.5, 0.6) is 0 Å². The first-order valence-corrected chi connectivity index (χ1v) is 8.26. The molecule has 118 valence electrons. The van der Waals surface area contributed by atoms with E-state index in [0.717, 1.165) is 18.4 Å². The molecule has 1 amide bonds. The van der Waals surface area contributed by atoms with Crippen LogP contribution in [-0.4, -0.2) is 36.5 Å². The predicted octanol–water partition coefficient (Wildman–Crippen LogP) is 2.59. The quantitative estimate of drug-likeness (QED) is 0.806. The van der Waals surface area contributed by atoms with E-state index < -0.39 is 0 Å². The Labute approximate surface area is 131 Å². The van der Waals surface area contributed by atoms with E-state index in [4.69, 9.17) is 4.74 Å². The molecule has 22 heavy (non-hydrogen) atoms. The average Bonchev–Trinajstić information content (AvgIpc) is 3.02. The number of rotatable bonds is 3. The molecule has 1 fully saturated rings. The molecule has 1 saturated heterocycles. The second-order valence-electron chi connectivity index (χ2n) is 6.16. The number of amides is 1. The number of carbonyl (C=O) groups is 2. The largest absolute Gasteiger partial charge is 0.466 e. The molecule has 0 aromatic heterocycles. The maximum atomic E-state index is 12.6. The fraction of sp³-hybridized carbons (Fsp3) is 0.556. The highest BCUT2D eigenvalue weighted by Crippen LogP contribution is 2.25. The minimum Gasteiger partial charge on any atom is -0.466 e. The Morgan fingerprint density at radius 2 is 1.91 bits per heavy atom. The molecule has 0 atom stereocenters. The summed E-state index contributed by atoms with van der Waals surface area (Å²) in [5, 5.41) is 0. The van der Waals surface area contributed by atoms with Gasteiger partial charge in [0.1, 0.15) is 0 Å². The Morgan fingerprint density at radius 1 is 1.18 bits per heavy atom. The van der Waals surface area contributed by atoms with Gasteiger partial charge in [0.05, 0.1) is 12.5 Å². The first-order valence-electron chi connectivity index (χ1n) is 8.26. The van der Waals surface area contributed by atoms with Gasteiger partial charge in [0.25, 0.3) is 5.91 Å². The van der Waals surface area contributed by atoms with Gasteiger partial charge in [-0.2, -0.15) is 0 Å². The lowest BCUT2D eigenvalue weighted by molar-refractivity contribution is -0.149. The Balaban J connectivity index is 1.61. The van der Waals surface area contributed by atoms with E-state index in [-0.39, 0.29) is 17.8 Å². The van der Waals surface area contributed by atoms with Crippen LogP contribution in [0.4, 0.5) is 0 Å². The van der Waals surface area contributed by atoms with Crippen molar-refractivity contribution in [1.29, 1.82) is 0 Å². The molecule has 0 unspecified atom stereocenters. The van der Waals surface area contributed by atoms with E-state index in [9.17, 15) is 9.59 Å². The minimum absolute atomic E-state index is 0.0518. The van der Waals surface area contributed by atoms with E-state index in [1.807, 2.05) is 17.9 Å². The standard InChI is InChI=1S/C18H23NO3/c1-2-22-18(21)14-8-10-19(11-9-14)17(20)16-7-6-13-4-3-5-15(13)12-16/h6-7,12,14H,2-5,8-11H2,1H3. The number of benzene rings is 1. The molecule has 1 aliphatic heterocycles. The zero-order chi connectivity index (χ0) is 15.5. The fourth-order valence-electron chi connectivity index (χ4n) is 3.47. The van der Waals surface area contributed by atoms with Crippen molar-refractivity contribution in [2.75, 3.05) is 19.7 Å². The summed E-state index contributed by atoms with van der Waals surface area (Å²) in [4.78, 5) is 26.2. The highest BCUT2D eigenvalue weighted by atomic mass is 16.5. The monoisotopic (exact) mass is 301 g/mol. The molecule has 0 spiro atoms. The van der Waals surface area contributed by atoms with Gasteiger partial charge in [-0.05, 0) is 62.3 Å². The third-order valence-corrected chi connectivity index (χ3v) is 4.75. The summed E-state index contributed by atoms with van der Waals surface area (Å²) >= 11 is 0. The van der Waals surface area contributed by atoms with E-state index >= 15 is 0 Å². The molecule has 2 aliphatic rings. The van der Waals surface area contributed by atoms with Crippen molar-refractivity contribution in [1.82, 2.24) is 4.90 Å². The molecule has 1 aliphatic carbocycles. The molecule has 3 rings (SSSR count). The number of hydrogen-bond donors (Lipinski definition) is 0. The minimum atomic E-state index is -0.118. The van der Waals surface area contributed by atoms with Crippen LogP contribution in [0.1, 0.15) is 47.7 Å². The lowest BCUT2D eigenvalue weighted by atomic mass is 9.96. The van der Waals surface area contributed by atoms with Crippen LogP contribution in [0.15, 0.2) is 18.2 Å². The summed E-state index contributed by atoms with van der Waals surface area (Å²) in [5.74, 6) is -0.0758. The van der Waals surface area contributed by atoms with Crippen LogP contribution in [-0.2, 0) is 22.4 Å². The molecule has 0 N–H and O–H groups in total. The van der Waals surface area contributed by atoms with Gasteiger partial charge in [0.2, 0.25) is 0 Å². The molecule has 1 heterocycles. The molecular formula is C18H23NO3. The second kappa shape index (κ2) is 6.51. The summed E-state index contributed by atoms with van der Waals surface area (Å²) < 4.78 is 5.07. The van der Waals surface area contributed by atoms with E-state index in [1.54, 1.807) is 0 Å². The maximum Gasteiger partial charge on any atom is 0.309 e. The summed E-state index contributed by atoms with van der Waals surface area (Å²) in [6.45, 7) is 3.52. The number of aryl methyl sites for hydroxylation is 2. The van der Waals surface area contributed by atoms with Crippen molar-refractivity contribution < 1.29 is 14.3 Å². The summed E-state index contributed by atoms with van der Waals surface area (Å²) in [6, 6.07) is 6.10. The highest BCUT2D eigenvalue weighted by molar-refractivity contribution is 5.94. The second-order valence-corrected chi connectivity index (χ2v) is 6.16. The highest BCUT2D eigenvalue weighted by Gasteiger charge is 2.28. The SMILES string of the molecule is CCOC(=O)C1CCN(C(=O)c2ccc3c(c2)CCC3)CC1. The van der Waals surface area contributed by atoms with Gasteiger partial charge in [0.15, 0.2) is 0 Å². The summed E-state index contributed by atoms with van der Waals surface area (Å²) in [6.07, 6.45) is 4.82. The van der Waals surface area contributed by atoms with Gasteiger partial charge in [0, 0.05) is 18.7 Å². The molecule has 0 radical (unpaired) electrons. The van der Waals surface area contributed by atoms with Gasteiger partial charge >= 0.3 is 5.97 Å². The average molecular weight is 301 g/mol. The lowest BCUT2D eigenvalue weighted by Crippen LogP contribution is -2.40. The first-order chi connectivity index (χ1) is 10.7. The maximum absolute atomic E-state index is 12.6. The van der Waals surface area contributed by atoms with Crippen molar-refractivity contribution in [3.05, 3.63) is 34.9 Å². The number of hydrogen-bond acceptors (Lipinski definition) is 3. The van der Waals surface area contributed by atoms with Crippen molar-refractivity contribution >= 4 is 11.9 Å². The van der Waals surface area contributed by atoms with Gasteiger partial charge in [-0.15, -0.1) is 0 Å². The van der Waals surface area contributed by atoms with Gasteiger partial charge in [-0.25, -0.2) is 0 Å². The van der Waals surface area contributed by atoms with Crippen LogP contribution < -0.4 is 0 Å². The van der Waals surface area contributed by atoms with Crippen molar-refractivity contribution in [3.8, 4) is 0 Å². The number of piperidine rings is 1. The summed E-state index contributed by atoms with van der Waals surface area (Å²) in [5.41, 5.74) is 3.50. The third-order valence-electron chi connectivity index (χ3n) is 4.75. The van der Waals surface area contributed by atoms with Gasteiger partial charge in [-0.3, -0.25) is 9.59 Å². The number of fused-ring (bicyclic) bond motifs is 1. The molecule has 1 aromatic rings. The van der Waals surface area contributed by atoms with Crippen LogP contribution in [0, 0.1) is 5.92 Å². The molecule has 0 saturated carbocycles. The van der Waals surface area contributed by atoms with Crippen LogP contribution >= 0.6 is 0 Å². The lowest BCUT2D eigenvalue weighted by Gasteiger charge is -2.31. The van der Waals surface area contributed by atoms with E-state index in [2.05, 4.69) is 12.1 Å². The fourth-order valence-corrected chi connectivity index (χ4v) is 3.47. The molecule has 4 heteroatoms. The normalized spacial score (nSPS) is 18.1. The topological polar surface area (TPSA) is 46.6 Å². The van der Waals surface area contributed by atoms with Crippen LogP contribution in [0.25, 0.3) is 0 Å². The number of carbonyl (C=O) groups excluding carboxylic acids is 2. The molecule has 0 bridgehead atoms. The van der Waals surface area contributed by atoms with Crippen molar-refractivity contribution in [2.24, 2.45) is 5.92 Å². The smallest absolute Gasteiger partial charge is 0.309 e. The van der Waals surface area contributed by atoms with E-state index in [0.29, 0.717) is 32.5 Å². The predicted molar refractivity (Wildman–Crippen MR) is 83.7 cm³/mol. The number of esters is 1. The van der Waals surface area contributed by atoms with Crippen molar-refractivity contribution in [3.63, 3.8) is 0 Å². The van der Waals surface area contributed by atoms with Crippen LogP contribution in [0.2, 0.25) is 0 Å². The Kier molecular flexibility index (Phi) is 4.46. The Bertz CT molecular complexity index is 574. The molecule has 1 aromatic carbocycles. The third kappa shape index (κ3) is 3.01. The summed E-state index contributed by atoms with van der Waals surface area (Å²) in [7, 11) is 0. The van der Waals surface area contributed by atoms with Crippen LogP contribution in [0.3, 0.4) is 0 Å². The molecule has 4 nitrogen and oxygen atoms in total. The first kappa shape index (κ1) is 15.1. The zero-order valence-electron chi connectivity index (χ0n) is 13.1. The van der Waals surface area contributed by atoms with E-state index in [1.165, 1.54) is 17.5 Å². The number of nitrogens with zero attached hydrogens (tertiary/aromatic N) is 1. The number of likely N-dealkylation sites (tertiary alicyclic amines) is 1. The Hall–Kier alpha value is -1.84. The van der Waals surface area contributed by atoms with Gasteiger partial charge in [-0.1, -0.05) is 6.07 Å². The number of ether oxygens (including phenoxy) is 1. The Morgan fingerprint density at radius 3 is 2.64 bits per heavy atom. The van der Waals surface area contributed by atoms with Crippen molar-refractivity contribution in [2.45, 2.75) is 39.0 Å².